The number of benzene rings is 2. The SMILES string of the molecule is Cl.O=C(c1ccc(S(=O)(=O)N2CCOCC2)cc1)N(CCCN1CCOCC1)c1nc2ccc(F)cc2s1. The van der Waals surface area contributed by atoms with E-state index in [1.165, 1.54) is 52.0 Å². The maximum atomic E-state index is 13.8. The summed E-state index contributed by atoms with van der Waals surface area (Å²) in [5.41, 5.74) is 0.983. The van der Waals surface area contributed by atoms with Crippen molar-refractivity contribution < 1.29 is 27.1 Å². The van der Waals surface area contributed by atoms with E-state index in [1.807, 2.05) is 0 Å². The molecule has 13 heteroatoms. The van der Waals surface area contributed by atoms with Gasteiger partial charge in [-0.2, -0.15) is 4.31 Å². The summed E-state index contributed by atoms with van der Waals surface area (Å²) in [4.78, 5) is 22.3. The standard InChI is InChI=1S/C25H29FN4O5S2.ClH/c26-20-4-7-22-23(18-20)36-25(27-22)30(9-1-8-28-10-14-34-15-11-28)24(31)19-2-5-21(6-3-19)37(32,33)29-12-16-35-17-13-29;/h2-7,18H,1,8-17H2;1H. The molecular weight excluding hydrogens is 555 g/mol. The van der Waals surface area contributed by atoms with Gasteiger partial charge in [0.1, 0.15) is 5.82 Å². The maximum Gasteiger partial charge on any atom is 0.260 e. The third-order valence-electron chi connectivity index (χ3n) is 6.48. The highest BCUT2D eigenvalue weighted by molar-refractivity contribution is 7.89. The summed E-state index contributed by atoms with van der Waals surface area (Å²) in [5.74, 6) is -0.637. The Morgan fingerprint density at radius 1 is 1.00 bits per heavy atom. The van der Waals surface area contributed by atoms with E-state index in [0.717, 1.165) is 26.1 Å². The minimum atomic E-state index is -3.66. The molecule has 2 aliphatic heterocycles. The largest absolute Gasteiger partial charge is 0.379 e. The number of fused-ring (bicyclic) bond motifs is 1. The fourth-order valence-electron chi connectivity index (χ4n) is 4.42. The number of thiazole rings is 1. The number of sulfonamides is 1. The van der Waals surface area contributed by atoms with Gasteiger partial charge in [0, 0.05) is 44.8 Å². The van der Waals surface area contributed by atoms with Gasteiger partial charge in [0.2, 0.25) is 10.0 Å². The number of nitrogens with zero attached hydrogens (tertiary/aromatic N) is 4. The summed E-state index contributed by atoms with van der Waals surface area (Å²) in [5, 5.41) is 0.484. The first-order valence-electron chi connectivity index (χ1n) is 12.3. The number of morpholine rings is 2. The lowest BCUT2D eigenvalue weighted by molar-refractivity contribution is 0.0376. The van der Waals surface area contributed by atoms with Crippen molar-refractivity contribution in [3.8, 4) is 0 Å². The molecule has 0 bridgehead atoms. The number of amides is 1. The van der Waals surface area contributed by atoms with E-state index < -0.39 is 10.0 Å². The van der Waals surface area contributed by atoms with Crippen LogP contribution in [0.4, 0.5) is 9.52 Å². The zero-order valence-electron chi connectivity index (χ0n) is 20.8. The average molecular weight is 585 g/mol. The van der Waals surface area contributed by atoms with E-state index in [4.69, 9.17) is 9.47 Å². The summed E-state index contributed by atoms with van der Waals surface area (Å²) in [6.07, 6.45) is 0.722. The second kappa shape index (κ2) is 12.8. The molecule has 9 nitrogen and oxygen atoms in total. The van der Waals surface area contributed by atoms with Crippen LogP contribution in [0.3, 0.4) is 0 Å². The van der Waals surface area contributed by atoms with Crippen LogP contribution in [0, 0.1) is 5.82 Å². The predicted octanol–water partition coefficient (Wildman–Crippen LogP) is 3.25. The van der Waals surface area contributed by atoms with Gasteiger partial charge >= 0.3 is 0 Å². The topological polar surface area (TPSA) is 92.3 Å². The number of hydrogen-bond acceptors (Lipinski definition) is 8. The number of ether oxygens (including phenoxy) is 2. The van der Waals surface area contributed by atoms with Gasteiger partial charge in [0.05, 0.1) is 41.5 Å². The molecule has 0 spiro atoms. The molecule has 0 radical (unpaired) electrons. The average Bonchev–Trinajstić information content (AvgIpc) is 3.34. The molecule has 0 saturated carbocycles. The van der Waals surface area contributed by atoms with Gasteiger partial charge in [0.25, 0.3) is 5.91 Å². The van der Waals surface area contributed by atoms with Gasteiger partial charge in [-0.25, -0.2) is 17.8 Å². The summed E-state index contributed by atoms with van der Waals surface area (Å²) >= 11 is 1.26. The number of rotatable bonds is 8. The van der Waals surface area contributed by atoms with Crippen LogP contribution < -0.4 is 4.90 Å². The van der Waals surface area contributed by atoms with Crippen LogP contribution in [0.2, 0.25) is 0 Å². The lowest BCUT2D eigenvalue weighted by atomic mass is 10.2. The van der Waals surface area contributed by atoms with Crippen LogP contribution in [0.15, 0.2) is 47.4 Å². The van der Waals surface area contributed by atoms with Crippen molar-refractivity contribution in [1.29, 1.82) is 0 Å². The molecule has 2 aromatic carbocycles. The van der Waals surface area contributed by atoms with Crippen molar-refractivity contribution in [2.45, 2.75) is 11.3 Å². The number of carbonyl (C=O) groups is 1. The molecule has 1 amide bonds. The fraction of sp³-hybridized carbons (Fsp3) is 0.440. The molecule has 5 rings (SSSR count). The van der Waals surface area contributed by atoms with Crippen LogP contribution in [-0.4, -0.2) is 94.2 Å². The van der Waals surface area contributed by atoms with Crippen LogP contribution in [0.25, 0.3) is 10.2 Å². The van der Waals surface area contributed by atoms with Crippen LogP contribution in [-0.2, 0) is 19.5 Å². The van der Waals surface area contributed by atoms with Gasteiger partial charge in [-0.3, -0.25) is 14.6 Å². The molecule has 0 atom stereocenters. The minimum Gasteiger partial charge on any atom is -0.379 e. The van der Waals surface area contributed by atoms with Crippen LogP contribution in [0.5, 0.6) is 0 Å². The van der Waals surface area contributed by atoms with Crippen molar-refractivity contribution >= 4 is 55.0 Å². The molecule has 3 heterocycles. The Labute approximate surface area is 231 Å². The van der Waals surface area contributed by atoms with Crippen molar-refractivity contribution in [3.63, 3.8) is 0 Å². The molecule has 2 fully saturated rings. The van der Waals surface area contributed by atoms with Crippen molar-refractivity contribution in [3.05, 3.63) is 53.8 Å². The Bertz CT molecular complexity index is 1340. The third kappa shape index (κ3) is 6.50. The number of hydrogen-bond donors (Lipinski definition) is 0. The van der Waals surface area contributed by atoms with Crippen LogP contribution >= 0.6 is 23.7 Å². The Hall–Kier alpha value is -2.19. The van der Waals surface area contributed by atoms with Gasteiger partial charge in [-0.1, -0.05) is 11.3 Å². The molecule has 2 saturated heterocycles. The summed E-state index contributed by atoms with van der Waals surface area (Å²) < 4.78 is 52.4. The summed E-state index contributed by atoms with van der Waals surface area (Å²) in [6.45, 7) is 5.67. The number of carbonyl (C=O) groups excluding carboxylic acids is 1. The lowest BCUT2D eigenvalue weighted by Crippen LogP contribution is -2.40. The fourth-order valence-corrected chi connectivity index (χ4v) is 6.85. The monoisotopic (exact) mass is 584 g/mol. The first-order chi connectivity index (χ1) is 17.9. The Morgan fingerprint density at radius 3 is 2.34 bits per heavy atom. The quantitative estimate of drug-likeness (QED) is 0.401. The van der Waals surface area contributed by atoms with Gasteiger partial charge in [-0.05, 0) is 48.9 Å². The van der Waals surface area contributed by atoms with E-state index in [2.05, 4.69) is 9.88 Å². The van der Waals surface area contributed by atoms with Gasteiger partial charge in [0.15, 0.2) is 5.13 Å². The smallest absolute Gasteiger partial charge is 0.260 e. The Kier molecular flexibility index (Phi) is 9.69. The van der Waals surface area contributed by atoms with Crippen molar-refractivity contribution in [2.24, 2.45) is 0 Å². The van der Waals surface area contributed by atoms with Crippen molar-refractivity contribution in [2.75, 3.05) is 70.6 Å². The normalized spacial score (nSPS) is 17.3. The highest BCUT2D eigenvalue weighted by atomic mass is 35.5. The molecule has 1 aromatic heterocycles. The molecule has 206 valence electrons. The van der Waals surface area contributed by atoms with E-state index in [0.29, 0.717) is 67.0 Å². The molecule has 2 aliphatic rings. The minimum absolute atomic E-state index is 0. The Morgan fingerprint density at radius 2 is 1.66 bits per heavy atom. The second-order valence-electron chi connectivity index (χ2n) is 8.91. The Balaban J connectivity index is 0.00000336. The lowest BCUT2D eigenvalue weighted by Gasteiger charge is -2.28. The molecule has 0 unspecified atom stereocenters. The van der Waals surface area contributed by atoms with E-state index in [1.54, 1.807) is 11.0 Å². The molecule has 0 aliphatic carbocycles. The highest BCUT2D eigenvalue weighted by Gasteiger charge is 2.27. The molecule has 38 heavy (non-hydrogen) atoms. The number of aromatic nitrogens is 1. The molecular formula is C25H30ClFN4O5S2. The first-order valence-corrected chi connectivity index (χ1v) is 14.5. The van der Waals surface area contributed by atoms with E-state index >= 15 is 0 Å². The zero-order chi connectivity index (χ0) is 25.8. The van der Waals surface area contributed by atoms with E-state index in [-0.39, 0.29) is 29.0 Å². The molecule has 3 aromatic rings. The summed E-state index contributed by atoms with van der Waals surface area (Å²) in [6, 6.07) is 10.4. The zero-order valence-corrected chi connectivity index (χ0v) is 23.2. The highest BCUT2D eigenvalue weighted by Crippen LogP contribution is 2.31. The van der Waals surface area contributed by atoms with Crippen molar-refractivity contribution in [1.82, 2.24) is 14.2 Å². The molecule has 0 N–H and O–H groups in total. The number of anilines is 1. The van der Waals surface area contributed by atoms with Crippen LogP contribution in [0.1, 0.15) is 16.8 Å². The maximum absolute atomic E-state index is 13.8. The first kappa shape index (κ1) is 28.8. The predicted molar refractivity (Wildman–Crippen MR) is 146 cm³/mol. The third-order valence-corrected chi connectivity index (χ3v) is 9.44. The van der Waals surface area contributed by atoms with E-state index in [9.17, 15) is 17.6 Å². The second-order valence-corrected chi connectivity index (χ2v) is 11.9. The van der Waals surface area contributed by atoms with Gasteiger partial charge in [-0.15, -0.1) is 12.4 Å². The number of halogens is 2. The van der Waals surface area contributed by atoms with Gasteiger partial charge < -0.3 is 9.47 Å². The summed E-state index contributed by atoms with van der Waals surface area (Å²) in [7, 11) is -3.66.